The fourth-order valence-corrected chi connectivity index (χ4v) is 2.02. The maximum Gasteiger partial charge on any atom is 0.329 e. The predicted octanol–water partition coefficient (Wildman–Crippen LogP) is 2.61. The molecule has 0 aromatic rings. The molecule has 1 aliphatic rings. The summed E-state index contributed by atoms with van der Waals surface area (Å²) in [6.07, 6.45) is 5.57. The van der Waals surface area contributed by atoms with Crippen LogP contribution in [0.2, 0.25) is 0 Å². The second-order valence-electron chi connectivity index (χ2n) is 4.91. The zero-order valence-electron chi connectivity index (χ0n) is 9.75. The number of hydrogen-bond acceptors (Lipinski definition) is 2. The first-order valence-electron chi connectivity index (χ1n) is 5.46. The average molecular weight is 212 g/mol. The molecule has 0 aliphatic heterocycles. The number of rotatable bonds is 4. The molecule has 3 heteroatoms. The first-order valence-corrected chi connectivity index (χ1v) is 5.46. The molecule has 1 aliphatic carbocycles. The molecular formula is C12H20O3. The van der Waals surface area contributed by atoms with Gasteiger partial charge in [-0.1, -0.05) is 19.9 Å². The Labute approximate surface area is 91.1 Å². The summed E-state index contributed by atoms with van der Waals surface area (Å²) in [4.78, 5) is 10.4. The molecule has 1 N–H and O–H groups in total. The minimum Gasteiger partial charge on any atom is -0.480 e. The average Bonchev–Trinajstić information content (AvgIpc) is 2.12. The summed E-state index contributed by atoms with van der Waals surface area (Å²) in [5, 5.41) is 8.52. The van der Waals surface area contributed by atoms with E-state index < -0.39 is 5.97 Å². The van der Waals surface area contributed by atoms with Gasteiger partial charge in [-0.25, -0.2) is 4.79 Å². The van der Waals surface area contributed by atoms with Crippen molar-refractivity contribution in [3.8, 4) is 0 Å². The Bertz CT molecular complexity index is 266. The van der Waals surface area contributed by atoms with Gasteiger partial charge in [-0.15, -0.1) is 0 Å². The topological polar surface area (TPSA) is 46.5 Å². The summed E-state index contributed by atoms with van der Waals surface area (Å²) in [5.41, 5.74) is 1.47. The SMILES string of the molecule is CC(OCC(=O)O)C1=CC(C)(C)CCC1. The van der Waals surface area contributed by atoms with E-state index in [1.54, 1.807) is 0 Å². The summed E-state index contributed by atoms with van der Waals surface area (Å²) >= 11 is 0. The minimum absolute atomic E-state index is 0.0688. The molecule has 0 heterocycles. The van der Waals surface area contributed by atoms with E-state index >= 15 is 0 Å². The Balaban J connectivity index is 2.55. The standard InChI is InChI=1S/C12H20O3/c1-9(15-8-11(13)14)10-5-4-6-12(2,3)7-10/h7,9H,4-6,8H2,1-3H3,(H,13,14). The Morgan fingerprint density at radius 3 is 2.87 bits per heavy atom. The number of allylic oxidation sites excluding steroid dienone is 1. The molecule has 0 fully saturated rings. The van der Waals surface area contributed by atoms with E-state index in [1.165, 1.54) is 18.4 Å². The second-order valence-corrected chi connectivity index (χ2v) is 4.91. The van der Waals surface area contributed by atoms with Crippen LogP contribution in [-0.2, 0) is 9.53 Å². The van der Waals surface area contributed by atoms with Crippen LogP contribution < -0.4 is 0 Å². The summed E-state index contributed by atoms with van der Waals surface area (Å²) in [5.74, 6) is -0.905. The van der Waals surface area contributed by atoms with Crippen molar-refractivity contribution in [1.82, 2.24) is 0 Å². The number of hydrogen-bond donors (Lipinski definition) is 1. The molecule has 3 nitrogen and oxygen atoms in total. The van der Waals surface area contributed by atoms with Crippen molar-refractivity contribution in [1.29, 1.82) is 0 Å². The van der Waals surface area contributed by atoms with Crippen molar-refractivity contribution in [3.63, 3.8) is 0 Å². The molecule has 1 unspecified atom stereocenters. The molecule has 0 aromatic carbocycles. The molecule has 1 atom stereocenters. The van der Waals surface area contributed by atoms with E-state index in [4.69, 9.17) is 9.84 Å². The number of carbonyl (C=O) groups is 1. The van der Waals surface area contributed by atoms with Gasteiger partial charge in [0, 0.05) is 0 Å². The highest BCUT2D eigenvalue weighted by atomic mass is 16.5. The largest absolute Gasteiger partial charge is 0.480 e. The lowest BCUT2D eigenvalue weighted by molar-refractivity contribution is -0.143. The van der Waals surface area contributed by atoms with E-state index in [0.717, 1.165) is 6.42 Å². The summed E-state index contributed by atoms with van der Waals surface area (Å²) < 4.78 is 5.27. The highest BCUT2D eigenvalue weighted by Crippen LogP contribution is 2.34. The predicted molar refractivity (Wildman–Crippen MR) is 58.8 cm³/mol. The maximum absolute atomic E-state index is 10.4. The second kappa shape index (κ2) is 4.79. The van der Waals surface area contributed by atoms with Crippen LogP contribution in [0.4, 0.5) is 0 Å². The van der Waals surface area contributed by atoms with E-state index in [-0.39, 0.29) is 18.1 Å². The van der Waals surface area contributed by atoms with Crippen LogP contribution in [0.1, 0.15) is 40.0 Å². The number of carboxylic acids is 1. The van der Waals surface area contributed by atoms with Crippen LogP contribution in [-0.4, -0.2) is 23.8 Å². The van der Waals surface area contributed by atoms with Crippen LogP contribution in [0.25, 0.3) is 0 Å². The molecule has 0 saturated carbocycles. The Kier molecular flexibility index (Phi) is 3.91. The zero-order valence-corrected chi connectivity index (χ0v) is 9.75. The van der Waals surface area contributed by atoms with Crippen molar-refractivity contribution in [2.75, 3.05) is 6.61 Å². The maximum atomic E-state index is 10.4. The fourth-order valence-electron chi connectivity index (χ4n) is 2.02. The normalized spacial score (nSPS) is 21.9. The molecule has 0 spiro atoms. The van der Waals surface area contributed by atoms with Crippen LogP contribution in [0.5, 0.6) is 0 Å². The quantitative estimate of drug-likeness (QED) is 0.729. The van der Waals surface area contributed by atoms with Crippen molar-refractivity contribution in [2.24, 2.45) is 5.41 Å². The monoisotopic (exact) mass is 212 g/mol. The van der Waals surface area contributed by atoms with Gasteiger partial charge in [0.05, 0.1) is 6.10 Å². The molecule has 0 aromatic heterocycles. The van der Waals surface area contributed by atoms with E-state index in [0.29, 0.717) is 0 Å². The molecule has 0 bridgehead atoms. The van der Waals surface area contributed by atoms with Crippen molar-refractivity contribution in [3.05, 3.63) is 11.6 Å². The van der Waals surface area contributed by atoms with Crippen LogP contribution in [0.15, 0.2) is 11.6 Å². The molecule has 0 amide bonds. The Hall–Kier alpha value is -0.830. The smallest absolute Gasteiger partial charge is 0.329 e. The highest BCUT2D eigenvalue weighted by Gasteiger charge is 2.23. The Morgan fingerprint density at radius 2 is 2.33 bits per heavy atom. The first kappa shape index (κ1) is 12.2. The molecular weight excluding hydrogens is 192 g/mol. The number of aliphatic carboxylic acids is 1. The van der Waals surface area contributed by atoms with Crippen LogP contribution >= 0.6 is 0 Å². The van der Waals surface area contributed by atoms with Gasteiger partial charge < -0.3 is 9.84 Å². The molecule has 1 rings (SSSR count). The van der Waals surface area contributed by atoms with E-state index in [9.17, 15) is 4.79 Å². The van der Waals surface area contributed by atoms with Gasteiger partial charge in [0.2, 0.25) is 0 Å². The number of carboxylic acid groups (broad SMARTS) is 1. The zero-order chi connectivity index (χ0) is 11.5. The van der Waals surface area contributed by atoms with Gasteiger partial charge in [-0.05, 0) is 37.2 Å². The summed E-state index contributed by atoms with van der Waals surface area (Å²) in [7, 11) is 0. The van der Waals surface area contributed by atoms with Crippen molar-refractivity contribution >= 4 is 5.97 Å². The van der Waals surface area contributed by atoms with Crippen LogP contribution in [0.3, 0.4) is 0 Å². The minimum atomic E-state index is -0.905. The molecule has 15 heavy (non-hydrogen) atoms. The summed E-state index contributed by atoms with van der Waals surface area (Å²) in [6.45, 7) is 6.13. The van der Waals surface area contributed by atoms with Gasteiger partial charge in [-0.2, -0.15) is 0 Å². The molecule has 0 saturated heterocycles. The van der Waals surface area contributed by atoms with E-state index in [1.807, 2.05) is 6.92 Å². The summed E-state index contributed by atoms with van der Waals surface area (Å²) in [6, 6.07) is 0. The van der Waals surface area contributed by atoms with Crippen molar-refractivity contribution in [2.45, 2.75) is 46.1 Å². The fraction of sp³-hybridized carbons (Fsp3) is 0.750. The molecule has 0 radical (unpaired) electrons. The first-order chi connectivity index (χ1) is 6.91. The van der Waals surface area contributed by atoms with Gasteiger partial charge in [0.1, 0.15) is 6.61 Å². The Morgan fingerprint density at radius 1 is 1.67 bits per heavy atom. The lowest BCUT2D eigenvalue weighted by Crippen LogP contribution is -2.22. The lowest BCUT2D eigenvalue weighted by Gasteiger charge is -2.29. The van der Waals surface area contributed by atoms with E-state index in [2.05, 4.69) is 19.9 Å². The number of ether oxygens (including phenoxy) is 1. The van der Waals surface area contributed by atoms with Gasteiger partial charge in [0.15, 0.2) is 0 Å². The van der Waals surface area contributed by atoms with Gasteiger partial charge in [-0.3, -0.25) is 0 Å². The van der Waals surface area contributed by atoms with Crippen LogP contribution in [0, 0.1) is 5.41 Å². The third-order valence-electron chi connectivity index (χ3n) is 2.84. The van der Waals surface area contributed by atoms with Gasteiger partial charge in [0.25, 0.3) is 0 Å². The molecule has 86 valence electrons. The lowest BCUT2D eigenvalue weighted by atomic mass is 9.78. The van der Waals surface area contributed by atoms with Gasteiger partial charge >= 0.3 is 5.97 Å². The third kappa shape index (κ3) is 4.04. The third-order valence-corrected chi connectivity index (χ3v) is 2.84. The van der Waals surface area contributed by atoms with Crippen molar-refractivity contribution < 1.29 is 14.6 Å². The highest BCUT2D eigenvalue weighted by molar-refractivity contribution is 5.68.